The molecule has 0 aliphatic rings. The molecule has 0 saturated carbocycles. The SMILES string of the molecule is CCCc1ncsc1CNC(C)C. The summed E-state index contributed by atoms with van der Waals surface area (Å²) >= 11 is 1.76. The normalized spacial score (nSPS) is 11.1. The summed E-state index contributed by atoms with van der Waals surface area (Å²) < 4.78 is 0. The Kier molecular flexibility index (Phi) is 4.39. The monoisotopic (exact) mass is 198 g/mol. The zero-order chi connectivity index (χ0) is 9.68. The van der Waals surface area contributed by atoms with Crippen LogP contribution in [0, 0.1) is 0 Å². The molecule has 0 saturated heterocycles. The van der Waals surface area contributed by atoms with Crippen LogP contribution < -0.4 is 5.32 Å². The molecule has 1 N–H and O–H groups in total. The number of nitrogens with one attached hydrogen (secondary N) is 1. The number of hydrogen-bond donors (Lipinski definition) is 1. The topological polar surface area (TPSA) is 24.9 Å². The molecule has 74 valence electrons. The first kappa shape index (κ1) is 10.7. The van der Waals surface area contributed by atoms with E-state index in [2.05, 4.69) is 31.1 Å². The van der Waals surface area contributed by atoms with E-state index in [9.17, 15) is 0 Å². The second-order valence-electron chi connectivity index (χ2n) is 3.51. The summed E-state index contributed by atoms with van der Waals surface area (Å²) in [6.45, 7) is 7.50. The molecule has 0 unspecified atom stereocenters. The van der Waals surface area contributed by atoms with Crippen LogP contribution in [0.1, 0.15) is 37.8 Å². The maximum absolute atomic E-state index is 4.36. The van der Waals surface area contributed by atoms with Crippen molar-refractivity contribution in [2.24, 2.45) is 0 Å². The summed E-state index contributed by atoms with van der Waals surface area (Å²) in [6.07, 6.45) is 2.29. The lowest BCUT2D eigenvalue weighted by Gasteiger charge is -2.07. The Morgan fingerprint density at radius 2 is 2.31 bits per heavy atom. The molecule has 3 heteroatoms. The molecule has 1 aromatic heterocycles. The molecule has 0 radical (unpaired) electrons. The second kappa shape index (κ2) is 5.35. The number of aromatic nitrogens is 1. The largest absolute Gasteiger partial charge is 0.310 e. The lowest BCUT2D eigenvalue weighted by Crippen LogP contribution is -2.21. The third kappa shape index (κ3) is 3.44. The Morgan fingerprint density at radius 3 is 2.92 bits per heavy atom. The van der Waals surface area contributed by atoms with Gasteiger partial charge in [0.25, 0.3) is 0 Å². The summed E-state index contributed by atoms with van der Waals surface area (Å²) in [5, 5.41) is 3.42. The Morgan fingerprint density at radius 1 is 1.54 bits per heavy atom. The van der Waals surface area contributed by atoms with Crippen molar-refractivity contribution in [3.63, 3.8) is 0 Å². The summed E-state index contributed by atoms with van der Waals surface area (Å²) in [6, 6.07) is 0.552. The van der Waals surface area contributed by atoms with Gasteiger partial charge in [0.2, 0.25) is 0 Å². The van der Waals surface area contributed by atoms with Crippen LogP contribution in [0.4, 0.5) is 0 Å². The minimum Gasteiger partial charge on any atom is -0.310 e. The van der Waals surface area contributed by atoms with E-state index in [0.29, 0.717) is 6.04 Å². The summed E-state index contributed by atoms with van der Waals surface area (Å²) in [5.41, 5.74) is 3.23. The Labute approximate surface area is 84.4 Å². The lowest BCUT2D eigenvalue weighted by atomic mass is 10.2. The number of rotatable bonds is 5. The molecule has 1 rings (SSSR count). The highest BCUT2D eigenvalue weighted by Gasteiger charge is 2.04. The number of aryl methyl sites for hydroxylation is 1. The fourth-order valence-corrected chi connectivity index (χ4v) is 1.94. The van der Waals surface area contributed by atoms with Crippen molar-refractivity contribution in [3.05, 3.63) is 16.1 Å². The molecule has 0 aliphatic heterocycles. The second-order valence-corrected chi connectivity index (χ2v) is 4.45. The predicted octanol–water partition coefficient (Wildman–Crippen LogP) is 2.59. The van der Waals surface area contributed by atoms with E-state index in [1.807, 2.05) is 5.51 Å². The molecule has 1 aromatic rings. The van der Waals surface area contributed by atoms with Crippen LogP contribution in [0.25, 0.3) is 0 Å². The Hall–Kier alpha value is -0.410. The molecular weight excluding hydrogens is 180 g/mol. The van der Waals surface area contributed by atoms with Gasteiger partial charge in [-0.05, 0) is 6.42 Å². The molecule has 0 aliphatic carbocycles. The Bertz CT molecular complexity index is 243. The van der Waals surface area contributed by atoms with Gasteiger partial charge in [0.15, 0.2) is 0 Å². The number of hydrogen-bond acceptors (Lipinski definition) is 3. The fourth-order valence-electron chi connectivity index (χ4n) is 1.17. The molecule has 0 atom stereocenters. The van der Waals surface area contributed by atoms with Gasteiger partial charge in [0, 0.05) is 17.5 Å². The first-order valence-corrected chi connectivity index (χ1v) is 5.76. The zero-order valence-corrected chi connectivity index (χ0v) is 9.45. The number of thiazole rings is 1. The Balaban J connectivity index is 2.49. The quantitative estimate of drug-likeness (QED) is 0.786. The van der Waals surface area contributed by atoms with Gasteiger partial charge in [-0.2, -0.15) is 0 Å². The van der Waals surface area contributed by atoms with Crippen molar-refractivity contribution < 1.29 is 0 Å². The average molecular weight is 198 g/mol. The van der Waals surface area contributed by atoms with Crippen LogP contribution in [-0.2, 0) is 13.0 Å². The van der Waals surface area contributed by atoms with E-state index in [1.54, 1.807) is 11.3 Å². The highest BCUT2D eigenvalue weighted by Crippen LogP contribution is 2.14. The first-order chi connectivity index (χ1) is 6.24. The van der Waals surface area contributed by atoms with E-state index in [0.717, 1.165) is 13.0 Å². The summed E-state index contributed by atoms with van der Waals surface area (Å²) in [4.78, 5) is 5.76. The van der Waals surface area contributed by atoms with E-state index in [4.69, 9.17) is 0 Å². The van der Waals surface area contributed by atoms with Gasteiger partial charge < -0.3 is 5.32 Å². The standard InChI is InChI=1S/C10H18N2S/c1-4-5-9-10(13-7-12-9)6-11-8(2)3/h7-8,11H,4-6H2,1-3H3. The van der Waals surface area contributed by atoms with Crippen molar-refractivity contribution in [3.8, 4) is 0 Å². The summed E-state index contributed by atoms with van der Waals surface area (Å²) in [7, 11) is 0. The molecule has 13 heavy (non-hydrogen) atoms. The van der Waals surface area contributed by atoms with Crippen molar-refractivity contribution >= 4 is 11.3 Å². The lowest BCUT2D eigenvalue weighted by molar-refractivity contribution is 0.589. The van der Waals surface area contributed by atoms with Crippen molar-refractivity contribution in [1.29, 1.82) is 0 Å². The molecule has 1 heterocycles. The third-order valence-electron chi connectivity index (χ3n) is 1.88. The highest BCUT2D eigenvalue weighted by atomic mass is 32.1. The molecule has 0 fully saturated rings. The van der Waals surface area contributed by atoms with Crippen molar-refractivity contribution in [1.82, 2.24) is 10.3 Å². The van der Waals surface area contributed by atoms with Gasteiger partial charge in [0.1, 0.15) is 0 Å². The van der Waals surface area contributed by atoms with E-state index < -0.39 is 0 Å². The van der Waals surface area contributed by atoms with Gasteiger partial charge in [0.05, 0.1) is 11.2 Å². The van der Waals surface area contributed by atoms with E-state index >= 15 is 0 Å². The smallest absolute Gasteiger partial charge is 0.0798 e. The van der Waals surface area contributed by atoms with Crippen LogP contribution >= 0.6 is 11.3 Å². The maximum atomic E-state index is 4.36. The van der Waals surface area contributed by atoms with Gasteiger partial charge in [-0.3, -0.25) is 0 Å². The van der Waals surface area contributed by atoms with E-state index in [1.165, 1.54) is 17.0 Å². The minimum absolute atomic E-state index is 0.552. The molecular formula is C10H18N2S. The highest BCUT2D eigenvalue weighted by molar-refractivity contribution is 7.09. The molecule has 0 bridgehead atoms. The molecule has 0 spiro atoms. The van der Waals surface area contributed by atoms with Gasteiger partial charge in [-0.1, -0.05) is 27.2 Å². The van der Waals surface area contributed by atoms with E-state index in [-0.39, 0.29) is 0 Å². The third-order valence-corrected chi connectivity index (χ3v) is 2.76. The van der Waals surface area contributed by atoms with Crippen LogP contribution in [0.2, 0.25) is 0 Å². The van der Waals surface area contributed by atoms with Crippen molar-refractivity contribution in [2.75, 3.05) is 0 Å². The average Bonchev–Trinajstić information content (AvgIpc) is 2.49. The molecule has 0 aromatic carbocycles. The summed E-state index contributed by atoms with van der Waals surface area (Å²) in [5.74, 6) is 0. The van der Waals surface area contributed by atoms with Gasteiger partial charge in [-0.15, -0.1) is 11.3 Å². The molecule has 2 nitrogen and oxygen atoms in total. The zero-order valence-electron chi connectivity index (χ0n) is 8.63. The fraction of sp³-hybridized carbons (Fsp3) is 0.700. The maximum Gasteiger partial charge on any atom is 0.0798 e. The minimum atomic E-state index is 0.552. The van der Waals surface area contributed by atoms with Gasteiger partial charge >= 0.3 is 0 Å². The first-order valence-electron chi connectivity index (χ1n) is 4.88. The number of nitrogens with zero attached hydrogens (tertiary/aromatic N) is 1. The van der Waals surface area contributed by atoms with Crippen molar-refractivity contribution in [2.45, 2.75) is 46.2 Å². The van der Waals surface area contributed by atoms with Crippen LogP contribution in [0.15, 0.2) is 5.51 Å². The van der Waals surface area contributed by atoms with Crippen LogP contribution in [0.5, 0.6) is 0 Å². The molecule has 0 amide bonds. The van der Waals surface area contributed by atoms with Crippen LogP contribution in [0.3, 0.4) is 0 Å². The predicted molar refractivity (Wildman–Crippen MR) is 58.1 cm³/mol. The van der Waals surface area contributed by atoms with Gasteiger partial charge in [-0.25, -0.2) is 4.98 Å². The van der Waals surface area contributed by atoms with Crippen LogP contribution in [-0.4, -0.2) is 11.0 Å².